The van der Waals surface area contributed by atoms with Crippen molar-refractivity contribution in [2.75, 3.05) is 19.8 Å². The molecule has 1 aliphatic heterocycles. The van der Waals surface area contributed by atoms with Crippen LogP contribution in [0.4, 0.5) is 4.39 Å². The van der Waals surface area contributed by atoms with Gasteiger partial charge in [0.1, 0.15) is 11.6 Å². The highest BCUT2D eigenvalue weighted by Gasteiger charge is 2.15. The van der Waals surface area contributed by atoms with E-state index in [0.717, 1.165) is 25.9 Å². The number of nitrogens with zero attached hydrogens (tertiary/aromatic N) is 2. The zero-order chi connectivity index (χ0) is 20.8. The summed E-state index contributed by atoms with van der Waals surface area (Å²) < 4.78 is 29.8. The highest BCUT2D eigenvalue weighted by Crippen LogP contribution is 2.25. The molecule has 2 aromatic carbocycles. The molecule has 8 heteroatoms. The monoisotopic (exact) mass is 411 g/mol. The first-order valence-corrected chi connectivity index (χ1v) is 9.88. The Morgan fingerprint density at radius 3 is 2.33 bits per heavy atom. The summed E-state index contributed by atoms with van der Waals surface area (Å²) in [7, 11) is 0. The van der Waals surface area contributed by atoms with Crippen LogP contribution in [0.5, 0.6) is 5.75 Å². The largest absolute Gasteiger partial charge is 0.484 e. The number of hydrogen-bond donors (Lipinski definition) is 1. The standard InChI is InChI=1S/C22H22FN3O4/c23-17-8-4-15(5-9-17)21-25-26-22(30-21)16-6-10-18(11-7-16)29-14-20(27)24-13-19-3-1-2-12-28-19/h4-11,19H,1-3,12-14H2,(H,24,27). The second-order valence-corrected chi connectivity index (χ2v) is 7.02. The zero-order valence-electron chi connectivity index (χ0n) is 16.3. The molecule has 0 saturated carbocycles. The zero-order valence-corrected chi connectivity index (χ0v) is 16.3. The molecule has 1 unspecified atom stereocenters. The van der Waals surface area contributed by atoms with Crippen molar-refractivity contribution in [1.29, 1.82) is 0 Å². The van der Waals surface area contributed by atoms with Crippen LogP contribution < -0.4 is 10.1 Å². The summed E-state index contributed by atoms with van der Waals surface area (Å²) in [4.78, 5) is 12.0. The van der Waals surface area contributed by atoms with Gasteiger partial charge in [-0.25, -0.2) is 4.39 Å². The van der Waals surface area contributed by atoms with E-state index in [-0.39, 0.29) is 24.4 Å². The molecule has 1 aromatic heterocycles. The summed E-state index contributed by atoms with van der Waals surface area (Å²) >= 11 is 0. The first kappa shape index (κ1) is 20.0. The third-order valence-corrected chi connectivity index (χ3v) is 4.79. The molecule has 0 radical (unpaired) electrons. The minimum atomic E-state index is -0.329. The summed E-state index contributed by atoms with van der Waals surface area (Å²) in [6, 6.07) is 12.8. The van der Waals surface area contributed by atoms with E-state index in [2.05, 4.69) is 15.5 Å². The van der Waals surface area contributed by atoms with Crippen LogP contribution in [-0.4, -0.2) is 42.0 Å². The average molecular weight is 411 g/mol. The lowest BCUT2D eigenvalue weighted by Crippen LogP contribution is -2.37. The molecule has 3 aromatic rings. The van der Waals surface area contributed by atoms with Crippen LogP contribution in [0.15, 0.2) is 52.9 Å². The summed E-state index contributed by atoms with van der Waals surface area (Å²) in [5.41, 5.74) is 1.35. The Morgan fingerprint density at radius 2 is 1.70 bits per heavy atom. The van der Waals surface area contributed by atoms with E-state index in [1.165, 1.54) is 12.1 Å². The summed E-state index contributed by atoms with van der Waals surface area (Å²) in [6.45, 7) is 1.20. The Bertz CT molecular complexity index is 967. The number of rotatable bonds is 7. The number of aromatic nitrogens is 2. The minimum absolute atomic E-state index is 0.0681. The molecule has 0 spiro atoms. The maximum Gasteiger partial charge on any atom is 0.258 e. The van der Waals surface area contributed by atoms with Crippen LogP contribution in [0, 0.1) is 5.82 Å². The van der Waals surface area contributed by atoms with Crippen molar-refractivity contribution < 1.29 is 23.1 Å². The second-order valence-electron chi connectivity index (χ2n) is 7.02. The van der Waals surface area contributed by atoms with Crippen LogP contribution in [0.1, 0.15) is 19.3 Å². The molecule has 0 aliphatic carbocycles. The normalized spacial score (nSPS) is 16.2. The highest BCUT2D eigenvalue weighted by molar-refractivity contribution is 5.77. The van der Waals surface area contributed by atoms with Gasteiger partial charge in [-0.2, -0.15) is 0 Å². The van der Waals surface area contributed by atoms with Crippen LogP contribution in [0.2, 0.25) is 0 Å². The molecule has 156 valence electrons. The Hall–Kier alpha value is -3.26. The summed E-state index contributed by atoms with van der Waals surface area (Å²) in [5, 5.41) is 10.9. The lowest BCUT2D eigenvalue weighted by atomic mass is 10.1. The number of ether oxygens (including phenoxy) is 2. The summed E-state index contributed by atoms with van der Waals surface area (Å²) in [5.74, 6) is 0.690. The number of benzene rings is 2. The van der Waals surface area contributed by atoms with Gasteiger partial charge >= 0.3 is 0 Å². The number of halogens is 1. The fourth-order valence-electron chi connectivity index (χ4n) is 3.14. The molecule has 2 heterocycles. The van der Waals surface area contributed by atoms with Crippen molar-refractivity contribution in [3.63, 3.8) is 0 Å². The maximum absolute atomic E-state index is 13.0. The topological polar surface area (TPSA) is 86.5 Å². The smallest absolute Gasteiger partial charge is 0.258 e. The van der Waals surface area contributed by atoms with E-state index in [4.69, 9.17) is 13.9 Å². The molecule has 1 atom stereocenters. The minimum Gasteiger partial charge on any atom is -0.484 e. The molecule has 30 heavy (non-hydrogen) atoms. The number of nitrogens with one attached hydrogen (secondary N) is 1. The molecule has 1 fully saturated rings. The molecule has 0 bridgehead atoms. The van der Waals surface area contributed by atoms with Gasteiger partial charge < -0.3 is 19.2 Å². The van der Waals surface area contributed by atoms with Gasteiger partial charge in [0.2, 0.25) is 11.8 Å². The van der Waals surface area contributed by atoms with Gasteiger partial charge in [-0.3, -0.25) is 4.79 Å². The van der Waals surface area contributed by atoms with Gasteiger partial charge in [-0.05, 0) is 67.8 Å². The van der Waals surface area contributed by atoms with Gasteiger partial charge in [0.15, 0.2) is 6.61 Å². The van der Waals surface area contributed by atoms with Gasteiger partial charge in [-0.15, -0.1) is 10.2 Å². The first-order valence-electron chi connectivity index (χ1n) is 9.88. The van der Waals surface area contributed by atoms with Gasteiger partial charge in [0, 0.05) is 24.3 Å². The van der Waals surface area contributed by atoms with E-state index >= 15 is 0 Å². The van der Waals surface area contributed by atoms with E-state index in [1.54, 1.807) is 36.4 Å². The van der Waals surface area contributed by atoms with Crippen molar-refractivity contribution in [3.8, 4) is 28.7 Å². The van der Waals surface area contributed by atoms with Crippen LogP contribution in [0.3, 0.4) is 0 Å². The number of carbonyl (C=O) groups is 1. The van der Waals surface area contributed by atoms with Gasteiger partial charge in [0.25, 0.3) is 5.91 Å². The average Bonchev–Trinajstić information content (AvgIpc) is 3.28. The van der Waals surface area contributed by atoms with E-state index < -0.39 is 0 Å². The predicted molar refractivity (Wildman–Crippen MR) is 107 cm³/mol. The molecule has 1 aliphatic rings. The van der Waals surface area contributed by atoms with Crippen molar-refractivity contribution >= 4 is 5.91 Å². The fourth-order valence-corrected chi connectivity index (χ4v) is 3.14. The molecule has 7 nitrogen and oxygen atoms in total. The predicted octanol–water partition coefficient (Wildman–Crippen LogP) is 3.61. The lowest BCUT2D eigenvalue weighted by molar-refractivity contribution is -0.124. The molecule has 1 saturated heterocycles. The van der Waals surface area contributed by atoms with Crippen LogP contribution >= 0.6 is 0 Å². The van der Waals surface area contributed by atoms with Crippen molar-refractivity contribution in [2.24, 2.45) is 0 Å². The van der Waals surface area contributed by atoms with E-state index in [1.807, 2.05) is 0 Å². The van der Waals surface area contributed by atoms with Crippen LogP contribution in [-0.2, 0) is 9.53 Å². The number of amides is 1. The lowest BCUT2D eigenvalue weighted by Gasteiger charge is -2.22. The molecule has 1 N–H and O–H groups in total. The Labute approximate surface area is 173 Å². The van der Waals surface area contributed by atoms with Crippen molar-refractivity contribution in [2.45, 2.75) is 25.4 Å². The second kappa shape index (κ2) is 9.49. The Balaban J connectivity index is 1.28. The third kappa shape index (κ3) is 5.21. The maximum atomic E-state index is 13.0. The SMILES string of the molecule is O=C(COc1ccc(-c2nnc(-c3ccc(F)cc3)o2)cc1)NCC1CCCCO1. The van der Waals surface area contributed by atoms with Crippen molar-refractivity contribution in [3.05, 3.63) is 54.3 Å². The highest BCUT2D eigenvalue weighted by atomic mass is 19.1. The van der Waals surface area contributed by atoms with E-state index in [9.17, 15) is 9.18 Å². The quantitative estimate of drug-likeness (QED) is 0.639. The van der Waals surface area contributed by atoms with Gasteiger partial charge in [-0.1, -0.05) is 0 Å². The number of carbonyl (C=O) groups excluding carboxylic acids is 1. The molecule has 4 rings (SSSR count). The Morgan fingerprint density at radius 1 is 1.03 bits per heavy atom. The molecule has 1 amide bonds. The van der Waals surface area contributed by atoms with E-state index in [0.29, 0.717) is 35.2 Å². The molecular weight excluding hydrogens is 389 g/mol. The Kier molecular flexibility index (Phi) is 6.34. The molecular formula is C22H22FN3O4. The number of hydrogen-bond acceptors (Lipinski definition) is 6. The van der Waals surface area contributed by atoms with Crippen molar-refractivity contribution in [1.82, 2.24) is 15.5 Å². The van der Waals surface area contributed by atoms with Gasteiger partial charge in [0.05, 0.1) is 6.10 Å². The third-order valence-electron chi connectivity index (χ3n) is 4.79. The van der Waals surface area contributed by atoms with Crippen LogP contribution in [0.25, 0.3) is 22.9 Å². The summed E-state index contributed by atoms with van der Waals surface area (Å²) in [6.07, 6.45) is 3.28. The fraction of sp³-hybridized carbons (Fsp3) is 0.318. The first-order chi connectivity index (χ1) is 14.7.